The van der Waals surface area contributed by atoms with Crippen molar-refractivity contribution in [2.24, 2.45) is 0 Å². The number of rotatable bonds is 4. The molecule has 1 heterocycles. The molecule has 0 aromatic heterocycles. The molecule has 1 aliphatic heterocycles. The van der Waals surface area contributed by atoms with Gasteiger partial charge >= 0.3 is 0 Å². The number of benzene rings is 1. The van der Waals surface area contributed by atoms with Gasteiger partial charge in [-0.05, 0) is 31.4 Å². The molecule has 2 rings (SSSR count). The van der Waals surface area contributed by atoms with Crippen LogP contribution in [-0.2, 0) is 9.47 Å². The number of anilines is 1. The van der Waals surface area contributed by atoms with Crippen molar-refractivity contribution in [1.29, 1.82) is 0 Å². The molecule has 1 aromatic rings. The highest BCUT2D eigenvalue weighted by Crippen LogP contribution is 2.13. The first-order chi connectivity index (χ1) is 7.45. The van der Waals surface area contributed by atoms with E-state index < -0.39 is 0 Å². The van der Waals surface area contributed by atoms with Gasteiger partial charge in [-0.1, -0.05) is 18.2 Å². The molecule has 1 N–H and O–H groups in total. The number of hydrogen-bond acceptors (Lipinski definition) is 3. The van der Waals surface area contributed by atoms with Gasteiger partial charge in [0.15, 0.2) is 6.29 Å². The Morgan fingerprint density at radius 3 is 2.87 bits per heavy atom. The highest BCUT2D eigenvalue weighted by molar-refractivity contribution is 5.41. The zero-order valence-electron chi connectivity index (χ0n) is 8.82. The van der Waals surface area contributed by atoms with Crippen molar-refractivity contribution in [2.45, 2.75) is 25.6 Å². The predicted octanol–water partition coefficient (Wildman–Crippen LogP) is 2.60. The summed E-state index contributed by atoms with van der Waals surface area (Å²) in [6, 6.07) is 10.0. The Bertz CT molecular complexity index is 270. The number of para-hydroxylation sites is 1. The summed E-state index contributed by atoms with van der Waals surface area (Å²) in [4.78, 5) is 0. The Morgan fingerprint density at radius 1 is 1.27 bits per heavy atom. The average molecular weight is 207 g/mol. The van der Waals surface area contributed by atoms with Crippen LogP contribution in [0.2, 0.25) is 0 Å². The number of nitrogens with one attached hydrogen (secondary N) is 1. The lowest BCUT2D eigenvalue weighted by Crippen LogP contribution is -2.24. The summed E-state index contributed by atoms with van der Waals surface area (Å²) in [7, 11) is 0. The second-order valence-electron chi connectivity index (χ2n) is 3.65. The number of hydrogen-bond donors (Lipinski definition) is 1. The van der Waals surface area contributed by atoms with Crippen molar-refractivity contribution < 1.29 is 9.47 Å². The van der Waals surface area contributed by atoms with Crippen LogP contribution in [0.25, 0.3) is 0 Å². The standard InChI is InChI=1S/C12H17NO2/c1-2-6-11(7-3-1)13-10-15-12-8-4-5-9-14-12/h1-3,6-7,12-13H,4-5,8-10H2. The van der Waals surface area contributed by atoms with Crippen LogP contribution in [0.5, 0.6) is 0 Å². The smallest absolute Gasteiger partial charge is 0.159 e. The Labute approximate surface area is 90.4 Å². The molecule has 0 spiro atoms. The van der Waals surface area contributed by atoms with Crippen LogP contribution in [0.4, 0.5) is 5.69 Å². The van der Waals surface area contributed by atoms with E-state index in [2.05, 4.69) is 5.32 Å². The van der Waals surface area contributed by atoms with E-state index in [1.54, 1.807) is 0 Å². The molecule has 0 amide bonds. The highest BCUT2D eigenvalue weighted by atomic mass is 16.7. The molecular weight excluding hydrogens is 190 g/mol. The molecule has 1 aliphatic rings. The van der Waals surface area contributed by atoms with E-state index in [1.807, 2.05) is 30.3 Å². The van der Waals surface area contributed by atoms with Crippen molar-refractivity contribution in [2.75, 3.05) is 18.7 Å². The Kier molecular flexibility index (Phi) is 4.00. The van der Waals surface area contributed by atoms with Gasteiger partial charge in [0.2, 0.25) is 0 Å². The fourth-order valence-corrected chi connectivity index (χ4v) is 1.62. The summed E-state index contributed by atoms with van der Waals surface area (Å²) in [5.41, 5.74) is 1.08. The molecule has 82 valence electrons. The lowest BCUT2D eigenvalue weighted by molar-refractivity contribution is -0.158. The Morgan fingerprint density at radius 2 is 2.13 bits per heavy atom. The van der Waals surface area contributed by atoms with Gasteiger partial charge in [0.1, 0.15) is 6.73 Å². The van der Waals surface area contributed by atoms with Crippen LogP contribution in [0, 0.1) is 0 Å². The minimum absolute atomic E-state index is 0.0186. The van der Waals surface area contributed by atoms with Crippen molar-refractivity contribution in [1.82, 2.24) is 0 Å². The maximum Gasteiger partial charge on any atom is 0.159 e. The molecule has 3 heteroatoms. The van der Waals surface area contributed by atoms with Crippen LogP contribution in [0.3, 0.4) is 0 Å². The molecular formula is C12H17NO2. The van der Waals surface area contributed by atoms with Crippen LogP contribution in [0.1, 0.15) is 19.3 Å². The van der Waals surface area contributed by atoms with Crippen LogP contribution < -0.4 is 5.32 Å². The van der Waals surface area contributed by atoms with E-state index in [-0.39, 0.29) is 6.29 Å². The SMILES string of the molecule is c1ccc(NCOC2CCCCO2)cc1. The summed E-state index contributed by atoms with van der Waals surface area (Å²) >= 11 is 0. The molecule has 15 heavy (non-hydrogen) atoms. The summed E-state index contributed by atoms with van der Waals surface area (Å²) < 4.78 is 11.0. The average Bonchev–Trinajstić information content (AvgIpc) is 2.32. The van der Waals surface area contributed by atoms with Gasteiger partial charge in [-0.25, -0.2) is 0 Å². The Balaban J connectivity index is 1.66. The molecule has 1 aromatic carbocycles. The molecule has 1 atom stereocenters. The predicted molar refractivity (Wildman–Crippen MR) is 59.6 cm³/mol. The van der Waals surface area contributed by atoms with Gasteiger partial charge in [0.25, 0.3) is 0 Å². The topological polar surface area (TPSA) is 30.5 Å². The lowest BCUT2D eigenvalue weighted by Gasteiger charge is -2.22. The number of ether oxygens (including phenoxy) is 2. The molecule has 0 bridgehead atoms. The minimum atomic E-state index is -0.0186. The monoisotopic (exact) mass is 207 g/mol. The molecule has 0 radical (unpaired) electrons. The van der Waals surface area contributed by atoms with E-state index >= 15 is 0 Å². The zero-order valence-corrected chi connectivity index (χ0v) is 8.82. The minimum Gasteiger partial charge on any atom is -0.363 e. The van der Waals surface area contributed by atoms with Crippen LogP contribution in [-0.4, -0.2) is 19.6 Å². The first-order valence-electron chi connectivity index (χ1n) is 5.47. The van der Waals surface area contributed by atoms with E-state index in [1.165, 1.54) is 6.42 Å². The second kappa shape index (κ2) is 5.73. The maximum atomic E-state index is 5.55. The summed E-state index contributed by atoms with van der Waals surface area (Å²) in [6.07, 6.45) is 3.35. The summed E-state index contributed by atoms with van der Waals surface area (Å²) in [5.74, 6) is 0. The van der Waals surface area contributed by atoms with E-state index in [4.69, 9.17) is 9.47 Å². The third-order valence-electron chi connectivity index (χ3n) is 2.46. The zero-order chi connectivity index (χ0) is 10.3. The van der Waals surface area contributed by atoms with Crippen molar-refractivity contribution in [3.05, 3.63) is 30.3 Å². The van der Waals surface area contributed by atoms with E-state index in [0.29, 0.717) is 6.73 Å². The third-order valence-corrected chi connectivity index (χ3v) is 2.46. The Hall–Kier alpha value is -1.06. The van der Waals surface area contributed by atoms with Crippen molar-refractivity contribution >= 4 is 5.69 Å². The second-order valence-corrected chi connectivity index (χ2v) is 3.65. The van der Waals surface area contributed by atoms with Gasteiger partial charge in [-0.3, -0.25) is 0 Å². The summed E-state index contributed by atoms with van der Waals surface area (Å²) in [5, 5.41) is 3.19. The molecule has 0 aliphatic carbocycles. The van der Waals surface area contributed by atoms with Gasteiger partial charge in [0.05, 0.1) is 0 Å². The molecule has 0 saturated carbocycles. The fraction of sp³-hybridized carbons (Fsp3) is 0.500. The quantitative estimate of drug-likeness (QED) is 0.770. The molecule has 1 saturated heterocycles. The summed E-state index contributed by atoms with van der Waals surface area (Å²) in [6.45, 7) is 1.34. The van der Waals surface area contributed by atoms with Crippen LogP contribution >= 0.6 is 0 Å². The lowest BCUT2D eigenvalue weighted by atomic mass is 10.2. The van der Waals surface area contributed by atoms with E-state index in [9.17, 15) is 0 Å². The third kappa shape index (κ3) is 3.53. The fourth-order valence-electron chi connectivity index (χ4n) is 1.62. The maximum absolute atomic E-state index is 5.55. The molecule has 1 fully saturated rings. The van der Waals surface area contributed by atoms with Crippen molar-refractivity contribution in [3.8, 4) is 0 Å². The first-order valence-corrected chi connectivity index (χ1v) is 5.47. The van der Waals surface area contributed by atoms with Crippen molar-refractivity contribution in [3.63, 3.8) is 0 Å². The molecule has 1 unspecified atom stereocenters. The van der Waals surface area contributed by atoms with E-state index in [0.717, 1.165) is 25.1 Å². The van der Waals surface area contributed by atoms with Gasteiger partial charge in [-0.15, -0.1) is 0 Å². The largest absolute Gasteiger partial charge is 0.363 e. The normalized spacial score (nSPS) is 21.2. The van der Waals surface area contributed by atoms with Gasteiger partial charge < -0.3 is 14.8 Å². The molecule has 3 nitrogen and oxygen atoms in total. The highest BCUT2D eigenvalue weighted by Gasteiger charge is 2.13. The first kappa shape index (κ1) is 10.5. The van der Waals surface area contributed by atoms with Gasteiger partial charge in [0, 0.05) is 12.3 Å². The van der Waals surface area contributed by atoms with Crippen LogP contribution in [0.15, 0.2) is 30.3 Å². The van der Waals surface area contributed by atoms with Gasteiger partial charge in [-0.2, -0.15) is 0 Å².